The molecular weight excluding hydrogens is 757 g/mol. The van der Waals surface area contributed by atoms with Crippen LogP contribution < -0.4 is 0 Å². The van der Waals surface area contributed by atoms with E-state index in [1.54, 1.807) is 0 Å². The van der Waals surface area contributed by atoms with Gasteiger partial charge in [0.25, 0.3) is 0 Å². The van der Waals surface area contributed by atoms with E-state index in [1.165, 1.54) is 10.9 Å². The van der Waals surface area contributed by atoms with Crippen LogP contribution in [0, 0.1) is 0 Å². The molecule has 12 rings (SSSR count). The predicted octanol–water partition coefficient (Wildman–Crippen LogP) is 14.9. The summed E-state index contributed by atoms with van der Waals surface area (Å²) >= 11 is 0. The molecule has 290 valence electrons. The van der Waals surface area contributed by atoms with Gasteiger partial charge in [-0.05, 0) is 69.8 Å². The fraction of sp³-hybridized carbons (Fsp3) is 0. The number of furan rings is 1. The lowest BCUT2D eigenvalue weighted by molar-refractivity contribution is 0.671. The van der Waals surface area contributed by atoms with E-state index in [4.69, 9.17) is 19.4 Å². The molecule has 0 saturated carbocycles. The molecule has 5 nitrogen and oxygen atoms in total. The van der Waals surface area contributed by atoms with E-state index in [9.17, 15) is 0 Å². The topological polar surface area (TPSA) is 56.7 Å². The molecule has 0 bridgehead atoms. The van der Waals surface area contributed by atoms with Gasteiger partial charge in [0, 0.05) is 43.9 Å². The van der Waals surface area contributed by atoms with Gasteiger partial charge in [-0.3, -0.25) is 0 Å². The molecular formula is C57H36N4O. The molecule has 3 heterocycles. The van der Waals surface area contributed by atoms with Crippen LogP contribution in [0.15, 0.2) is 223 Å². The van der Waals surface area contributed by atoms with Crippen molar-refractivity contribution in [2.24, 2.45) is 0 Å². The van der Waals surface area contributed by atoms with Gasteiger partial charge in [0.15, 0.2) is 23.1 Å². The first-order valence-corrected chi connectivity index (χ1v) is 20.8. The first kappa shape index (κ1) is 35.5. The maximum atomic E-state index is 6.98. The summed E-state index contributed by atoms with van der Waals surface area (Å²) in [6, 6.07) is 76.3. The van der Waals surface area contributed by atoms with Crippen LogP contribution >= 0.6 is 0 Å². The molecule has 9 aromatic carbocycles. The van der Waals surface area contributed by atoms with Crippen molar-refractivity contribution in [3.05, 3.63) is 218 Å². The highest BCUT2D eigenvalue weighted by molar-refractivity contribution is 6.21. The Kier molecular flexibility index (Phi) is 8.42. The van der Waals surface area contributed by atoms with Crippen molar-refractivity contribution < 1.29 is 4.42 Å². The largest absolute Gasteiger partial charge is 0.454 e. The van der Waals surface area contributed by atoms with E-state index < -0.39 is 0 Å². The molecule has 0 aliphatic heterocycles. The molecule has 62 heavy (non-hydrogen) atoms. The highest BCUT2D eigenvalue weighted by atomic mass is 16.3. The van der Waals surface area contributed by atoms with Gasteiger partial charge in [0.05, 0.1) is 11.0 Å². The number of aromatic nitrogens is 4. The standard InChI is InChI=1S/C57H36N4O/c1-4-13-37(14-5-1)40-23-27-42(28-24-40)55-58-56(43-29-25-41(26-30-43)38-15-6-2-7-16-38)60-57(59-55)45-31-32-48-50-34-33-49-47-21-10-11-22-51(47)61(53(49)54(50)62-52(48)36-45)46-20-12-19-44(35-46)39-17-8-3-9-18-39/h1-36H. The number of para-hydroxylation sites is 1. The quantitative estimate of drug-likeness (QED) is 0.161. The van der Waals surface area contributed by atoms with E-state index in [1.807, 2.05) is 12.1 Å². The van der Waals surface area contributed by atoms with Crippen LogP contribution in [-0.2, 0) is 0 Å². The Hall–Kier alpha value is -8.41. The van der Waals surface area contributed by atoms with Crippen LogP contribution in [-0.4, -0.2) is 19.5 Å². The molecule has 0 N–H and O–H groups in total. The van der Waals surface area contributed by atoms with Crippen molar-refractivity contribution >= 4 is 43.7 Å². The van der Waals surface area contributed by atoms with Gasteiger partial charge in [0.2, 0.25) is 0 Å². The summed E-state index contributed by atoms with van der Waals surface area (Å²) in [4.78, 5) is 15.3. The van der Waals surface area contributed by atoms with Crippen LogP contribution in [0.4, 0.5) is 0 Å². The molecule has 12 aromatic rings. The predicted molar refractivity (Wildman–Crippen MR) is 254 cm³/mol. The molecule has 0 amide bonds. The van der Waals surface area contributed by atoms with Gasteiger partial charge in [-0.25, -0.2) is 15.0 Å². The Morgan fingerprint density at radius 1 is 0.306 bits per heavy atom. The Labute approximate surface area is 357 Å². The first-order valence-electron chi connectivity index (χ1n) is 20.8. The number of hydrogen-bond donors (Lipinski definition) is 0. The van der Waals surface area contributed by atoms with Gasteiger partial charge in [0.1, 0.15) is 5.58 Å². The van der Waals surface area contributed by atoms with E-state index >= 15 is 0 Å². The van der Waals surface area contributed by atoms with Gasteiger partial charge in [-0.2, -0.15) is 0 Å². The molecule has 5 heteroatoms. The minimum Gasteiger partial charge on any atom is -0.454 e. The summed E-state index contributed by atoms with van der Waals surface area (Å²) in [6.07, 6.45) is 0. The maximum absolute atomic E-state index is 6.98. The van der Waals surface area contributed by atoms with E-state index in [0.717, 1.165) is 88.6 Å². The van der Waals surface area contributed by atoms with Crippen molar-refractivity contribution in [3.63, 3.8) is 0 Å². The third-order valence-corrected chi connectivity index (χ3v) is 11.9. The Bertz CT molecular complexity index is 3490. The van der Waals surface area contributed by atoms with Crippen LogP contribution in [0.3, 0.4) is 0 Å². The first-order chi connectivity index (χ1) is 30.7. The molecule has 0 aliphatic rings. The number of benzene rings is 9. The lowest BCUT2D eigenvalue weighted by Crippen LogP contribution is -2.00. The Morgan fingerprint density at radius 2 is 0.758 bits per heavy atom. The number of nitrogens with zero attached hydrogens (tertiary/aromatic N) is 4. The zero-order chi connectivity index (χ0) is 41.0. The normalized spacial score (nSPS) is 11.5. The monoisotopic (exact) mass is 792 g/mol. The third kappa shape index (κ3) is 6.14. The lowest BCUT2D eigenvalue weighted by atomic mass is 10.0. The number of rotatable bonds is 7. The SMILES string of the molecule is c1ccc(-c2ccc(-c3nc(-c4ccc(-c5ccccc5)cc4)nc(-c4ccc5c(c4)oc4c5ccc5c6ccccc6n(-c6cccc(-c7ccccc7)c6)c54)n3)cc2)cc1. The summed E-state index contributed by atoms with van der Waals surface area (Å²) in [5.41, 5.74) is 14.4. The second kappa shape index (κ2) is 14.7. The number of fused-ring (bicyclic) bond motifs is 7. The Balaban J connectivity index is 1.01. The van der Waals surface area contributed by atoms with Crippen molar-refractivity contribution in [2.45, 2.75) is 0 Å². The highest BCUT2D eigenvalue weighted by Gasteiger charge is 2.21. The van der Waals surface area contributed by atoms with Crippen LogP contribution in [0.25, 0.3) is 117 Å². The maximum Gasteiger partial charge on any atom is 0.164 e. The molecule has 0 spiro atoms. The van der Waals surface area contributed by atoms with Gasteiger partial charge in [-0.1, -0.05) is 182 Å². The second-order valence-electron chi connectivity index (χ2n) is 15.6. The van der Waals surface area contributed by atoms with Crippen molar-refractivity contribution in [1.82, 2.24) is 19.5 Å². The van der Waals surface area contributed by atoms with Gasteiger partial charge in [-0.15, -0.1) is 0 Å². The second-order valence-corrected chi connectivity index (χ2v) is 15.6. The summed E-state index contributed by atoms with van der Waals surface area (Å²) in [5.74, 6) is 1.78. The molecule has 0 saturated heterocycles. The van der Waals surface area contributed by atoms with Crippen LogP contribution in [0.2, 0.25) is 0 Å². The van der Waals surface area contributed by atoms with Crippen molar-refractivity contribution in [3.8, 4) is 73.2 Å². The Morgan fingerprint density at radius 3 is 1.37 bits per heavy atom. The van der Waals surface area contributed by atoms with Gasteiger partial charge >= 0.3 is 0 Å². The summed E-state index contributed by atoms with van der Waals surface area (Å²) in [7, 11) is 0. The van der Waals surface area contributed by atoms with Crippen molar-refractivity contribution in [2.75, 3.05) is 0 Å². The lowest BCUT2D eigenvalue weighted by Gasteiger charge is -2.10. The molecule has 0 atom stereocenters. The van der Waals surface area contributed by atoms with Crippen LogP contribution in [0.1, 0.15) is 0 Å². The summed E-state index contributed by atoms with van der Waals surface area (Å²) in [5, 5.41) is 4.40. The minimum atomic E-state index is 0.573. The number of hydrogen-bond acceptors (Lipinski definition) is 4. The van der Waals surface area contributed by atoms with E-state index in [-0.39, 0.29) is 0 Å². The third-order valence-electron chi connectivity index (χ3n) is 11.9. The molecule has 0 radical (unpaired) electrons. The average molecular weight is 793 g/mol. The summed E-state index contributed by atoms with van der Waals surface area (Å²) < 4.78 is 9.33. The molecule has 3 aromatic heterocycles. The fourth-order valence-corrected chi connectivity index (χ4v) is 8.79. The molecule has 0 aliphatic carbocycles. The minimum absolute atomic E-state index is 0.573. The van der Waals surface area contributed by atoms with Crippen LogP contribution in [0.5, 0.6) is 0 Å². The zero-order valence-corrected chi connectivity index (χ0v) is 33.5. The van der Waals surface area contributed by atoms with E-state index in [2.05, 4.69) is 211 Å². The average Bonchev–Trinajstić information content (AvgIpc) is 3.90. The molecule has 0 unspecified atom stereocenters. The van der Waals surface area contributed by atoms with E-state index in [0.29, 0.717) is 17.5 Å². The van der Waals surface area contributed by atoms with Gasteiger partial charge < -0.3 is 8.98 Å². The molecule has 0 fully saturated rings. The zero-order valence-electron chi connectivity index (χ0n) is 33.5. The fourth-order valence-electron chi connectivity index (χ4n) is 8.79. The van der Waals surface area contributed by atoms with Crippen molar-refractivity contribution in [1.29, 1.82) is 0 Å². The smallest absolute Gasteiger partial charge is 0.164 e. The highest BCUT2D eigenvalue weighted by Crippen LogP contribution is 2.41. The summed E-state index contributed by atoms with van der Waals surface area (Å²) in [6.45, 7) is 0.